The Balaban J connectivity index is 1.50. The Morgan fingerprint density at radius 3 is 2.12 bits per heavy atom. The molecule has 4 nitrogen and oxygen atoms in total. The molecule has 2 amide bonds. The summed E-state index contributed by atoms with van der Waals surface area (Å²) in [5.41, 5.74) is 3.30. The lowest BCUT2D eigenvalue weighted by molar-refractivity contribution is -0.137. The van der Waals surface area contributed by atoms with Gasteiger partial charge in [-0.05, 0) is 75.6 Å². The number of likely N-dealkylation sites (tertiary alicyclic amines) is 1. The Labute approximate surface area is 157 Å². The van der Waals surface area contributed by atoms with E-state index in [-0.39, 0.29) is 17.7 Å². The van der Waals surface area contributed by atoms with E-state index in [4.69, 9.17) is 0 Å². The van der Waals surface area contributed by atoms with E-state index in [9.17, 15) is 9.59 Å². The van der Waals surface area contributed by atoms with Crippen molar-refractivity contribution >= 4 is 17.5 Å². The Bertz CT molecular complexity index is 640. The predicted molar refractivity (Wildman–Crippen MR) is 105 cm³/mol. The molecule has 1 heterocycles. The first kappa shape index (κ1) is 18.9. The maximum Gasteiger partial charge on any atom is 0.227 e. The smallest absolute Gasteiger partial charge is 0.227 e. The van der Waals surface area contributed by atoms with Crippen LogP contribution in [-0.4, -0.2) is 29.8 Å². The van der Waals surface area contributed by atoms with Gasteiger partial charge >= 0.3 is 0 Å². The molecule has 0 bridgehead atoms. The molecule has 3 rings (SSSR count). The lowest BCUT2D eigenvalue weighted by atomic mass is 9.81. The van der Waals surface area contributed by atoms with Gasteiger partial charge in [0.1, 0.15) is 0 Å². The van der Waals surface area contributed by atoms with Crippen molar-refractivity contribution in [2.75, 3.05) is 18.4 Å². The van der Waals surface area contributed by atoms with Gasteiger partial charge in [0.25, 0.3) is 0 Å². The number of nitrogens with one attached hydrogen (secondary N) is 1. The molecule has 4 heteroatoms. The molecule has 1 aliphatic carbocycles. The van der Waals surface area contributed by atoms with Crippen molar-refractivity contribution in [1.82, 2.24) is 4.90 Å². The Morgan fingerprint density at radius 2 is 1.50 bits per heavy atom. The Hall–Kier alpha value is -1.84. The van der Waals surface area contributed by atoms with Crippen LogP contribution < -0.4 is 5.32 Å². The SMILES string of the molecule is Cc1ccc(NC(=O)C2CCC(C(=O)N3CCCCCC3)CC2)cc1C. The highest BCUT2D eigenvalue weighted by Crippen LogP contribution is 2.31. The Morgan fingerprint density at radius 1 is 0.885 bits per heavy atom. The van der Waals surface area contributed by atoms with Crippen LogP contribution in [0.15, 0.2) is 18.2 Å². The summed E-state index contributed by atoms with van der Waals surface area (Å²) in [7, 11) is 0. The van der Waals surface area contributed by atoms with Crippen molar-refractivity contribution in [3.05, 3.63) is 29.3 Å². The van der Waals surface area contributed by atoms with E-state index >= 15 is 0 Å². The standard InChI is InChI=1S/C22H32N2O2/c1-16-7-12-20(15-17(16)2)23-21(25)18-8-10-19(11-9-18)22(26)24-13-5-3-4-6-14-24/h7,12,15,18-19H,3-6,8-11,13-14H2,1-2H3,(H,23,25). The fourth-order valence-electron chi connectivity index (χ4n) is 4.22. The zero-order valence-corrected chi connectivity index (χ0v) is 16.2. The van der Waals surface area contributed by atoms with Crippen molar-refractivity contribution in [1.29, 1.82) is 0 Å². The topological polar surface area (TPSA) is 49.4 Å². The van der Waals surface area contributed by atoms with Crippen molar-refractivity contribution in [2.24, 2.45) is 11.8 Å². The number of aryl methyl sites for hydroxylation is 2. The molecule has 1 N–H and O–H groups in total. The molecule has 0 aromatic heterocycles. The van der Waals surface area contributed by atoms with Gasteiger partial charge in [-0.1, -0.05) is 18.9 Å². The van der Waals surface area contributed by atoms with E-state index in [1.54, 1.807) is 0 Å². The minimum absolute atomic E-state index is 0.0322. The van der Waals surface area contributed by atoms with Crippen LogP contribution in [0.2, 0.25) is 0 Å². The fourth-order valence-corrected chi connectivity index (χ4v) is 4.22. The van der Waals surface area contributed by atoms with Crippen LogP contribution >= 0.6 is 0 Å². The summed E-state index contributed by atoms with van der Waals surface area (Å²) in [5, 5.41) is 3.06. The highest BCUT2D eigenvalue weighted by molar-refractivity contribution is 5.93. The molecule has 142 valence electrons. The van der Waals surface area contributed by atoms with Gasteiger partial charge in [0.15, 0.2) is 0 Å². The van der Waals surface area contributed by atoms with Crippen LogP contribution in [0.1, 0.15) is 62.5 Å². The lowest BCUT2D eigenvalue weighted by Crippen LogP contribution is -2.39. The molecule has 0 spiro atoms. The molecule has 1 aromatic carbocycles. The van der Waals surface area contributed by atoms with Crippen molar-refractivity contribution in [3.8, 4) is 0 Å². The summed E-state index contributed by atoms with van der Waals surface area (Å²) in [4.78, 5) is 27.4. The number of hydrogen-bond acceptors (Lipinski definition) is 2. The average molecular weight is 357 g/mol. The normalized spacial score (nSPS) is 24.0. The Kier molecular flexibility index (Phi) is 6.33. The summed E-state index contributed by atoms with van der Waals surface area (Å²) in [5.74, 6) is 0.595. The number of anilines is 1. The third-order valence-electron chi connectivity index (χ3n) is 6.14. The summed E-state index contributed by atoms with van der Waals surface area (Å²) in [6.45, 7) is 5.98. The molecule has 1 saturated heterocycles. The fraction of sp³-hybridized carbons (Fsp3) is 0.636. The molecule has 26 heavy (non-hydrogen) atoms. The van der Waals surface area contributed by atoms with Gasteiger partial charge in [0.2, 0.25) is 11.8 Å². The van der Waals surface area contributed by atoms with Gasteiger partial charge in [-0.3, -0.25) is 9.59 Å². The van der Waals surface area contributed by atoms with Crippen LogP contribution in [-0.2, 0) is 9.59 Å². The lowest BCUT2D eigenvalue weighted by Gasteiger charge is -2.31. The molecule has 1 aliphatic heterocycles. The number of hydrogen-bond donors (Lipinski definition) is 1. The van der Waals surface area contributed by atoms with Crippen LogP contribution in [0, 0.1) is 25.7 Å². The molecular formula is C22H32N2O2. The highest BCUT2D eigenvalue weighted by Gasteiger charge is 2.32. The van der Waals surface area contributed by atoms with Crippen molar-refractivity contribution in [3.63, 3.8) is 0 Å². The van der Waals surface area contributed by atoms with Gasteiger partial charge in [0.05, 0.1) is 0 Å². The van der Waals surface area contributed by atoms with E-state index in [1.807, 2.05) is 18.2 Å². The number of amides is 2. The molecule has 0 radical (unpaired) electrons. The van der Waals surface area contributed by atoms with Crippen molar-refractivity contribution < 1.29 is 9.59 Å². The number of nitrogens with zero attached hydrogens (tertiary/aromatic N) is 1. The van der Waals surface area contributed by atoms with Crippen LogP contribution in [0.4, 0.5) is 5.69 Å². The third kappa shape index (κ3) is 4.66. The van der Waals surface area contributed by atoms with Gasteiger partial charge in [-0.15, -0.1) is 0 Å². The van der Waals surface area contributed by atoms with Crippen LogP contribution in [0.3, 0.4) is 0 Å². The minimum atomic E-state index is 0.0322. The number of benzene rings is 1. The first-order valence-electron chi connectivity index (χ1n) is 10.2. The molecule has 0 unspecified atom stereocenters. The predicted octanol–water partition coefficient (Wildman–Crippen LogP) is 4.45. The van der Waals surface area contributed by atoms with E-state index in [0.717, 1.165) is 57.3 Å². The van der Waals surface area contributed by atoms with E-state index in [1.165, 1.54) is 24.0 Å². The van der Waals surface area contributed by atoms with Gasteiger partial charge < -0.3 is 10.2 Å². The first-order valence-corrected chi connectivity index (χ1v) is 10.2. The maximum absolute atomic E-state index is 12.8. The number of rotatable bonds is 3. The molecule has 0 atom stereocenters. The van der Waals surface area contributed by atoms with Crippen LogP contribution in [0.5, 0.6) is 0 Å². The molecule has 1 aromatic rings. The largest absolute Gasteiger partial charge is 0.342 e. The molecule has 2 aliphatic rings. The highest BCUT2D eigenvalue weighted by atomic mass is 16.2. The quantitative estimate of drug-likeness (QED) is 0.870. The molecular weight excluding hydrogens is 324 g/mol. The van der Waals surface area contributed by atoms with E-state index in [2.05, 4.69) is 24.1 Å². The molecule has 1 saturated carbocycles. The average Bonchev–Trinajstić information content (AvgIpc) is 2.94. The third-order valence-corrected chi connectivity index (χ3v) is 6.14. The van der Waals surface area contributed by atoms with Crippen molar-refractivity contribution in [2.45, 2.75) is 65.2 Å². The van der Waals surface area contributed by atoms with Crippen LogP contribution in [0.25, 0.3) is 0 Å². The zero-order chi connectivity index (χ0) is 18.5. The second-order valence-corrected chi connectivity index (χ2v) is 8.08. The van der Waals surface area contributed by atoms with Gasteiger partial charge in [-0.25, -0.2) is 0 Å². The summed E-state index contributed by atoms with van der Waals surface area (Å²) < 4.78 is 0. The zero-order valence-electron chi connectivity index (χ0n) is 16.2. The summed E-state index contributed by atoms with van der Waals surface area (Å²) in [6, 6.07) is 6.04. The molecule has 2 fully saturated rings. The second-order valence-electron chi connectivity index (χ2n) is 8.08. The monoisotopic (exact) mass is 356 g/mol. The van der Waals surface area contributed by atoms with Gasteiger partial charge in [-0.2, -0.15) is 0 Å². The van der Waals surface area contributed by atoms with E-state index < -0.39 is 0 Å². The first-order chi connectivity index (χ1) is 12.5. The second kappa shape index (κ2) is 8.70. The van der Waals surface area contributed by atoms with Gasteiger partial charge in [0, 0.05) is 30.6 Å². The summed E-state index contributed by atoms with van der Waals surface area (Å²) >= 11 is 0. The summed E-state index contributed by atoms with van der Waals surface area (Å²) in [6.07, 6.45) is 8.10. The minimum Gasteiger partial charge on any atom is -0.342 e. The number of carbonyl (C=O) groups excluding carboxylic acids is 2. The maximum atomic E-state index is 12.8. The van der Waals surface area contributed by atoms with E-state index in [0.29, 0.717) is 5.91 Å². The number of carbonyl (C=O) groups is 2.